The zero-order chi connectivity index (χ0) is 20.6. The molecule has 2 heterocycles. The maximum absolute atomic E-state index is 12.6. The number of aliphatic imine (C=N–C) groups is 1. The van der Waals surface area contributed by atoms with Crippen LogP contribution in [0.1, 0.15) is 5.56 Å². The van der Waals surface area contributed by atoms with Crippen LogP contribution in [0.2, 0.25) is 5.02 Å². The second-order valence-corrected chi connectivity index (χ2v) is 10.8. The number of rotatable bonds is 4. The van der Waals surface area contributed by atoms with Crippen molar-refractivity contribution in [3.63, 3.8) is 0 Å². The van der Waals surface area contributed by atoms with Crippen molar-refractivity contribution in [2.45, 2.75) is 17.7 Å². The number of halogens is 1. The number of amides is 1. The number of hydrogen-bond acceptors (Lipinski definition) is 5. The van der Waals surface area contributed by atoms with Crippen LogP contribution in [0.5, 0.6) is 5.75 Å². The molecular formula is C20H19ClN2O4S2. The van der Waals surface area contributed by atoms with E-state index in [9.17, 15) is 13.2 Å². The van der Waals surface area contributed by atoms with Gasteiger partial charge in [0.2, 0.25) is 0 Å². The number of amidine groups is 1. The minimum absolute atomic E-state index is 0.0445. The molecule has 2 aliphatic heterocycles. The van der Waals surface area contributed by atoms with Crippen LogP contribution in [0.25, 0.3) is 0 Å². The van der Waals surface area contributed by atoms with Gasteiger partial charge >= 0.3 is 0 Å². The molecule has 2 atom stereocenters. The van der Waals surface area contributed by atoms with Gasteiger partial charge in [0, 0.05) is 16.0 Å². The lowest BCUT2D eigenvalue weighted by molar-refractivity contribution is -0.117. The van der Waals surface area contributed by atoms with Crippen molar-refractivity contribution in [1.82, 2.24) is 0 Å². The molecule has 4 rings (SSSR count). The molecule has 2 aromatic rings. The Morgan fingerprint density at radius 3 is 2.69 bits per heavy atom. The summed E-state index contributed by atoms with van der Waals surface area (Å²) in [7, 11) is -1.52. The van der Waals surface area contributed by atoms with Crippen molar-refractivity contribution in [2.75, 3.05) is 23.5 Å². The van der Waals surface area contributed by atoms with Gasteiger partial charge in [0.1, 0.15) is 5.75 Å². The molecule has 2 aliphatic rings. The van der Waals surface area contributed by atoms with Crippen molar-refractivity contribution in [3.8, 4) is 5.75 Å². The van der Waals surface area contributed by atoms with E-state index in [2.05, 4.69) is 4.99 Å². The average molecular weight is 451 g/mol. The van der Waals surface area contributed by atoms with Crippen LogP contribution in [0.3, 0.4) is 0 Å². The highest BCUT2D eigenvalue weighted by Gasteiger charge is 2.49. The minimum Gasteiger partial charge on any atom is -0.497 e. The fourth-order valence-corrected chi connectivity index (χ4v) is 7.67. The van der Waals surface area contributed by atoms with Crippen LogP contribution in [-0.4, -0.2) is 49.4 Å². The number of carbonyl (C=O) groups is 1. The van der Waals surface area contributed by atoms with Gasteiger partial charge in [0.15, 0.2) is 15.0 Å². The second kappa shape index (κ2) is 8.01. The first-order chi connectivity index (χ1) is 13.8. The lowest BCUT2D eigenvalue weighted by Gasteiger charge is -2.24. The zero-order valence-electron chi connectivity index (χ0n) is 15.6. The fourth-order valence-electron chi connectivity index (χ4n) is 3.56. The maximum Gasteiger partial charge on any atom is 0.252 e. The highest BCUT2D eigenvalue weighted by Crippen LogP contribution is 2.41. The Morgan fingerprint density at radius 2 is 2.00 bits per heavy atom. The Kier molecular flexibility index (Phi) is 5.59. The van der Waals surface area contributed by atoms with E-state index in [0.29, 0.717) is 10.2 Å². The third-order valence-corrected chi connectivity index (χ3v) is 8.33. The third kappa shape index (κ3) is 4.44. The zero-order valence-corrected chi connectivity index (χ0v) is 18.0. The van der Waals surface area contributed by atoms with Crippen LogP contribution < -0.4 is 9.64 Å². The van der Waals surface area contributed by atoms with Gasteiger partial charge in [-0.3, -0.25) is 4.79 Å². The summed E-state index contributed by atoms with van der Waals surface area (Å²) >= 11 is 7.49. The van der Waals surface area contributed by atoms with Crippen LogP contribution in [0, 0.1) is 0 Å². The SMILES string of the molecule is COc1ccc(CC(=O)N=C2SC3CS(=O)(=O)CC3N2c2cccc(Cl)c2)cc1. The average Bonchev–Trinajstić information content (AvgIpc) is 3.12. The number of ether oxygens (including phenoxy) is 1. The van der Waals surface area contributed by atoms with E-state index in [4.69, 9.17) is 16.3 Å². The van der Waals surface area contributed by atoms with E-state index in [1.54, 1.807) is 37.4 Å². The molecule has 0 bridgehead atoms. The topological polar surface area (TPSA) is 76.0 Å². The van der Waals surface area contributed by atoms with Crippen molar-refractivity contribution < 1.29 is 17.9 Å². The van der Waals surface area contributed by atoms with E-state index in [-0.39, 0.29) is 35.1 Å². The lowest BCUT2D eigenvalue weighted by atomic mass is 10.1. The molecule has 2 aromatic carbocycles. The number of nitrogens with zero attached hydrogens (tertiary/aromatic N) is 2. The minimum atomic E-state index is -3.11. The van der Waals surface area contributed by atoms with E-state index in [1.807, 2.05) is 23.1 Å². The van der Waals surface area contributed by atoms with Gasteiger partial charge in [-0.15, -0.1) is 0 Å². The molecular weight excluding hydrogens is 432 g/mol. The number of benzene rings is 2. The van der Waals surface area contributed by atoms with Gasteiger partial charge in [0.25, 0.3) is 5.91 Å². The number of anilines is 1. The summed E-state index contributed by atoms with van der Waals surface area (Å²) in [4.78, 5) is 18.8. The summed E-state index contributed by atoms with van der Waals surface area (Å²) < 4.78 is 29.4. The summed E-state index contributed by atoms with van der Waals surface area (Å²) in [6, 6.07) is 14.2. The van der Waals surface area contributed by atoms with Crippen LogP contribution >= 0.6 is 23.4 Å². The predicted octanol–water partition coefficient (Wildman–Crippen LogP) is 3.19. The number of sulfone groups is 1. The van der Waals surface area contributed by atoms with Gasteiger partial charge in [-0.25, -0.2) is 8.42 Å². The molecule has 0 N–H and O–H groups in total. The Morgan fingerprint density at radius 1 is 1.24 bits per heavy atom. The molecule has 1 amide bonds. The Balaban J connectivity index is 1.61. The van der Waals surface area contributed by atoms with Gasteiger partial charge in [0.05, 0.1) is 31.1 Å². The number of fused-ring (bicyclic) bond motifs is 1. The highest BCUT2D eigenvalue weighted by molar-refractivity contribution is 8.16. The molecule has 0 spiro atoms. The predicted molar refractivity (Wildman–Crippen MR) is 117 cm³/mol. The first-order valence-corrected chi connectivity index (χ1v) is 12.1. The summed E-state index contributed by atoms with van der Waals surface area (Å²) in [6.45, 7) is 0. The first kappa shape index (κ1) is 20.3. The van der Waals surface area contributed by atoms with Crippen molar-refractivity contribution in [3.05, 3.63) is 59.1 Å². The quantitative estimate of drug-likeness (QED) is 0.712. The molecule has 2 fully saturated rings. The number of carbonyl (C=O) groups excluding carboxylic acids is 1. The number of hydrogen-bond donors (Lipinski definition) is 0. The maximum atomic E-state index is 12.6. The summed E-state index contributed by atoms with van der Waals surface area (Å²) in [6.07, 6.45) is 0.158. The van der Waals surface area contributed by atoms with Crippen LogP contribution in [0.4, 0.5) is 5.69 Å². The van der Waals surface area contributed by atoms with Crippen molar-refractivity contribution >= 4 is 50.0 Å². The first-order valence-electron chi connectivity index (χ1n) is 9.01. The van der Waals surface area contributed by atoms with Crippen LogP contribution in [0.15, 0.2) is 53.5 Å². The number of methoxy groups -OCH3 is 1. The molecule has 2 saturated heterocycles. The molecule has 0 radical (unpaired) electrons. The molecule has 0 aliphatic carbocycles. The van der Waals surface area contributed by atoms with Gasteiger partial charge < -0.3 is 9.64 Å². The normalized spacial score (nSPS) is 23.9. The van der Waals surface area contributed by atoms with E-state index in [1.165, 1.54) is 11.8 Å². The molecule has 9 heteroatoms. The fraction of sp³-hybridized carbons (Fsp3) is 0.300. The summed E-state index contributed by atoms with van der Waals surface area (Å²) in [5, 5.41) is 0.919. The molecule has 29 heavy (non-hydrogen) atoms. The molecule has 2 unspecified atom stereocenters. The second-order valence-electron chi connectivity index (χ2n) is 6.96. The standard InChI is InChI=1S/C20H19ClN2O4S2/c1-27-16-7-5-13(6-8-16)9-19(24)22-20-23(15-4-2-3-14(21)10-15)17-11-29(25,26)12-18(17)28-20/h2-8,10,17-18H,9,11-12H2,1H3. The largest absolute Gasteiger partial charge is 0.497 e. The van der Waals surface area contributed by atoms with Gasteiger partial charge in [-0.2, -0.15) is 4.99 Å². The Bertz CT molecular complexity index is 1070. The van der Waals surface area contributed by atoms with E-state index < -0.39 is 9.84 Å². The lowest BCUT2D eigenvalue weighted by Crippen LogP contribution is -2.37. The van der Waals surface area contributed by atoms with Gasteiger partial charge in [-0.1, -0.05) is 41.6 Å². The summed E-state index contributed by atoms with van der Waals surface area (Å²) in [5.41, 5.74) is 1.57. The van der Waals surface area contributed by atoms with Gasteiger partial charge in [-0.05, 0) is 35.9 Å². The molecule has 0 aromatic heterocycles. The molecule has 152 valence electrons. The monoisotopic (exact) mass is 450 g/mol. The van der Waals surface area contributed by atoms with Crippen molar-refractivity contribution in [2.24, 2.45) is 4.99 Å². The van der Waals surface area contributed by atoms with Crippen LogP contribution in [-0.2, 0) is 21.1 Å². The molecule has 6 nitrogen and oxygen atoms in total. The number of thioether (sulfide) groups is 1. The van der Waals surface area contributed by atoms with Crippen molar-refractivity contribution in [1.29, 1.82) is 0 Å². The Hall–Kier alpha value is -2.03. The summed E-state index contributed by atoms with van der Waals surface area (Å²) in [5.74, 6) is 0.570. The smallest absolute Gasteiger partial charge is 0.252 e. The van der Waals surface area contributed by atoms with E-state index in [0.717, 1.165) is 17.0 Å². The Labute approximate surface area is 178 Å². The van der Waals surface area contributed by atoms with E-state index >= 15 is 0 Å². The third-order valence-electron chi connectivity index (χ3n) is 4.89. The molecule has 0 saturated carbocycles. The highest BCUT2D eigenvalue weighted by atomic mass is 35.5.